The van der Waals surface area contributed by atoms with E-state index in [4.69, 9.17) is 4.74 Å². The minimum absolute atomic E-state index is 0.564. The molecule has 2 rings (SSSR count). The van der Waals surface area contributed by atoms with Crippen LogP contribution in [0.15, 0.2) is 47.2 Å². The minimum Gasteiger partial charge on any atom is -0.488 e. The number of aromatic nitrogens is 1. The lowest BCUT2D eigenvalue weighted by molar-refractivity contribution is 0.301. The molecule has 1 heterocycles. The third-order valence-electron chi connectivity index (χ3n) is 3.03. The first kappa shape index (κ1) is 16.0. The Hall–Kier alpha value is -1.39. The summed E-state index contributed by atoms with van der Waals surface area (Å²) < 4.78 is 7.00. The van der Waals surface area contributed by atoms with E-state index in [9.17, 15) is 0 Å². The lowest BCUT2D eigenvalue weighted by Gasteiger charge is -2.12. The molecule has 1 aromatic carbocycles. The number of nitrogens with one attached hydrogen (secondary N) is 1. The summed E-state index contributed by atoms with van der Waals surface area (Å²) in [7, 11) is 0. The fraction of sp³-hybridized carbons (Fsp3) is 0.353. The molecule has 4 heteroatoms. The van der Waals surface area contributed by atoms with E-state index in [-0.39, 0.29) is 0 Å². The molecule has 0 unspecified atom stereocenters. The zero-order valence-electron chi connectivity index (χ0n) is 12.5. The third kappa shape index (κ3) is 5.48. The van der Waals surface area contributed by atoms with Gasteiger partial charge in [0, 0.05) is 29.0 Å². The SMILES string of the molecule is CC(C)CNCc1cnccc1OCc1ccc(Br)cc1. The zero-order chi connectivity index (χ0) is 15.1. The zero-order valence-corrected chi connectivity index (χ0v) is 14.1. The molecule has 1 N–H and O–H groups in total. The van der Waals surface area contributed by atoms with E-state index in [1.165, 1.54) is 0 Å². The number of ether oxygens (including phenoxy) is 1. The van der Waals surface area contributed by atoms with Gasteiger partial charge in [-0.15, -0.1) is 0 Å². The van der Waals surface area contributed by atoms with Crippen molar-refractivity contribution in [3.63, 3.8) is 0 Å². The average molecular weight is 349 g/mol. The van der Waals surface area contributed by atoms with Crippen LogP contribution in [-0.4, -0.2) is 11.5 Å². The van der Waals surface area contributed by atoms with Crippen molar-refractivity contribution in [3.8, 4) is 5.75 Å². The topological polar surface area (TPSA) is 34.2 Å². The monoisotopic (exact) mass is 348 g/mol. The first-order chi connectivity index (χ1) is 10.1. The summed E-state index contributed by atoms with van der Waals surface area (Å²) in [6.45, 7) is 6.72. The summed E-state index contributed by atoms with van der Waals surface area (Å²) in [5.74, 6) is 1.53. The van der Waals surface area contributed by atoms with E-state index in [0.29, 0.717) is 12.5 Å². The Labute approximate surface area is 134 Å². The molecule has 1 aromatic heterocycles. The van der Waals surface area contributed by atoms with Gasteiger partial charge in [-0.2, -0.15) is 0 Å². The highest BCUT2D eigenvalue weighted by Crippen LogP contribution is 2.19. The van der Waals surface area contributed by atoms with Gasteiger partial charge >= 0.3 is 0 Å². The molecule has 3 nitrogen and oxygen atoms in total. The highest BCUT2D eigenvalue weighted by atomic mass is 79.9. The molecule has 0 aliphatic rings. The fourth-order valence-electron chi connectivity index (χ4n) is 1.93. The molecule has 0 atom stereocenters. The molecule has 0 saturated carbocycles. The van der Waals surface area contributed by atoms with Crippen LogP contribution in [-0.2, 0) is 13.2 Å². The number of hydrogen-bond acceptors (Lipinski definition) is 3. The fourth-order valence-corrected chi connectivity index (χ4v) is 2.19. The van der Waals surface area contributed by atoms with Crippen LogP contribution in [0.1, 0.15) is 25.0 Å². The molecule has 2 aromatic rings. The van der Waals surface area contributed by atoms with Crippen LogP contribution in [0.5, 0.6) is 5.75 Å². The standard InChI is InChI=1S/C17H21BrN2O/c1-13(2)9-20-11-15-10-19-8-7-17(15)21-12-14-3-5-16(18)6-4-14/h3-8,10,13,20H,9,11-12H2,1-2H3. The first-order valence-electron chi connectivity index (χ1n) is 7.16. The predicted molar refractivity (Wildman–Crippen MR) is 89.3 cm³/mol. The lowest BCUT2D eigenvalue weighted by Crippen LogP contribution is -2.19. The minimum atomic E-state index is 0.564. The number of nitrogens with zero attached hydrogens (tertiary/aromatic N) is 1. The van der Waals surface area contributed by atoms with Crippen molar-refractivity contribution in [1.82, 2.24) is 10.3 Å². The number of benzene rings is 1. The molecule has 0 aliphatic heterocycles. The molecular weight excluding hydrogens is 328 g/mol. The molecule has 0 aliphatic carbocycles. The molecule has 112 valence electrons. The Morgan fingerprint density at radius 1 is 1.19 bits per heavy atom. The van der Waals surface area contributed by atoms with E-state index in [1.807, 2.05) is 24.4 Å². The lowest BCUT2D eigenvalue weighted by atomic mass is 10.2. The first-order valence-corrected chi connectivity index (χ1v) is 7.95. The Balaban J connectivity index is 1.94. The normalized spacial score (nSPS) is 10.9. The van der Waals surface area contributed by atoms with Crippen LogP contribution in [0.4, 0.5) is 0 Å². The average Bonchev–Trinajstić information content (AvgIpc) is 2.47. The van der Waals surface area contributed by atoms with Crippen molar-refractivity contribution in [2.75, 3.05) is 6.54 Å². The second-order valence-electron chi connectivity index (χ2n) is 5.42. The van der Waals surface area contributed by atoms with E-state index in [1.54, 1.807) is 6.20 Å². The third-order valence-corrected chi connectivity index (χ3v) is 3.56. The van der Waals surface area contributed by atoms with Crippen LogP contribution in [0.3, 0.4) is 0 Å². The van der Waals surface area contributed by atoms with Crippen LogP contribution in [0.25, 0.3) is 0 Å². The van der Waals surface area contributed by atoms with Crippen LogP contribution >= 0.6 is 15.9 Å². The van der Waals surface area contributed by atoms with E-state index in [0.717, 1.165) is 34.4 Å². The van der Waals surface area contributed by atoms with Gasteiger partial charge in [0.1, 0.15) is 12.4 Å². The maximum atomic E-state index is 5.93. The summed E-state index contributed by atoms with van der Waals surface area (Å²) in [6, 6.07) is 10.1. The van der Waals surface area contributed by atoms with Gasteiger partial charge in [0.25, 0.3) is 0 Å². The highest BCUT2D eigenvalue weighted by Gasteiger charge is 2.04. The maximum absolute atomic E-state index is 5.93. The summed E-state index contributed by atoms with van der Waals surface area (Å²) in [6.07, 6.45) is 3.63. The molecule has 0 spiro atoms. The quantitative estimate of drug-likeness (QED) is 0.815. The number of halogens is 1. The Morgan fingerprint density at radius 3 is 2.67 bits per heavy atom. The van der Waals surface area contributed by atoms with Gasteiger partial charge in [-0.05, 0) is 36.2 Å². The van der Waals surface area contributed by atoms with Gasteiger partial charge in [0.15, 0.2) is 0 Å². The van der Waals surface area contributed by atoms with Gasteiger partial charge in [-0.25, -0.2) is 0 Å². The summed E-state index contributed by atoms with van der Waals surface area (Å²) >= 11 is 3.44. The van der Waals surface area contributed by atoms with Crippen molar-refractivity contribution in [3.05, 3.63) is 58.3 Å². The second-order valence-corrected chi connectivity index (χ2v) is 6.34. The summed E-state index contributed by atoms with van der Waals surface area (Å²) in [4.78, 5) is 4.18. The van der Waals surface area contributed by atoms with Crippen LogP contribution in [0, 0.1) is 5.92 Å². The van der Waals surface area contributed by atoms with E-state index in [2.05, 4.69) is 52.2 Å². The Kier molecular flexibility index (Phi) is 6.21. The Morgan fingerprint density at radius 2 is 1.95 bits per heavy atom. The second kappa shape index (κ2) is 8.15. The van der Waals surface area contributed by atoms with Gasteiger partial charge in [-0.1, -0.05) is 41.9 Å². The largest absolute Gasteiger partial charge is 0.488 e. The molecule has 0 saturated heterocycles. The Bertz CT molecular complexity index is 555. The van der Waals surface area contributed by atoms with Crippen molar-refractivity contribution in [2.45, 2.75) is 27.0 Å². The van der Waals surface area contributed by atoms with Crippen LogP contribution in [0.2, 0.25) is 0 Å². The molecule has 0 fully saturated rings. The van der Waals surface area contributed by atoms with Gasteiger partial charge in [0.05, 0.1) is 0 Å². The van der Waals surface area contributed by atoms with Crippen molar-refractivity contribution in [1.29, 1.82) is 0 Å². The summed E-state index contributed by atoms with van der Waals surface area (Å²) in [5.41, 5.74) is 2.24. The maximum Gasteiger partial charge on any atom is 0.127 e. The van der Waals surface area contributed by atoms with Gasteiger partial charge < -0.3 is 10.1 Å². The van der Waals surface area contributed by atoms with Crippen molar-refractivity contribution >= 4 is 15.9 Å². The highest BCUT2D eigenvalue weighted by molar-refractivity contribution is 9.10. The van der Waals surface area contributed by atoms with E-state index < -0.39 is 0 Å². The van der Waals surface area contributed by atoms with Gasteiger partial charge in [0.2, 0.25) is 0 Å². The van der Waals surface area contributed by atoms with Crippen molar-refractivity contribution < 1.29 is 4.74 Å². The number of rotatable bonds is 7. The molecular formula is C17H21BrN2O. The number of hydrogen-bond donors (Lipinski definition) is 1. The van der Waals surface area contributed by atoms with Gasteiger partial charge in [-0.3, -0.25) is 4.98 Å². The summed E-state index contributed by atoms with van der Waals surface area (Å²) in [5, 5.41) is 3.42. The van der Waals surface area contributed by atoms with E-state index >= 15 is 0 Å². The van der Waals surface area contributed by atoms with Crippen molar-refractivity contribution in [2.24, 2.45) is 5.92 Å². The predicted octanol–water partition coefficient (Wildman–Crippen LogP) is 4.17. The smallest absolute Gasteiger partial charge is 0.127 e. The molecule has 0 amide bonds. The molecule has 21 heavy (non-hydrogen) atoms. The molecule has 0 radical (unpaired) electrons. The van der Waals surface area contributed by atoms with Crippen LogP contribution < -0.4 is 10.1 Å². The number of pyridine rings is 1. The molecule has 0 bridgehead atoms.